The number of amides is 1. The van der Waals surface area contributed by atoms with Gasteiger partial charge in [-0.05, 0) is 37.9 Å². The Morgan fingerprint density at radius 2 is 2.39 bits per heavy atom. The Labute approximate surface area is 138 Å². The van der Waals surface area contributed by atoms with E-state index in [0.717, 1.165) is 36.8 Å². The van der Waals surface area contributed by atoms with Crippen LogP contribution in [-0.2, 0) is 11.3 Å². The standard InChI is InChI=1S/C16H19N3O3S/c1-11-10-23-14(18-11)9-19-5-4-12(8-19)7-17-16(21)15(20)13-3-2-6-22-13/h2-3,6,10,12H,4-5,7-9H2,1H3,(H,17,21)/t12-/m0/s1. The van der Waals surface area contributed by atoms with E-state index in [1.54, 1.807) is 17.4 Å². The molecule has 2 aromatic heterocycles. The van der Waals surface area contributed by atoms with Gasteiger partial charge >= 0.3 is 0 Å². The lowest BCUT2D eigenvalue weighted by Crippen LogP contribution is -2.35. The van der Waals surface area contributed by atoms with Crippen LogP contribution in [0.2, 0.25) is 0 Å². The van der Waals surface area contributed by atoms with Crippen LogP contribution in [0.25, 0.3) is 0 Å². The Morgan fingerprint density at radius 1 is 1.52 bits per heavy atom. The molecule has 7 heteroatoms. The van der Waals surface area contributed by atoms with E-state index in [0.29, 0.717) is 12.5 Å². The molecule has 0 spiro atoms. The minimum atomic E-state index is -0.622. The summed E-state index contributed by atoms with van der Waals surface area (Å²) in [4.78, 5) is 30.4. The van der Waals surface area contributed by atoms with Gasteiger partial charge in [-0.3, -0.25) is 14.5 Å². The zero-order chi connectivity index (χ0) is 16.2. The minimum Gasteiger partial charge on any atom is -0.461 e. The van der Waals surface area contributed by atoms with Gasteiger partial charge in [-0.1, -0.05) is 0 Å². The molecule has 2 aromatic rings. The van der Waals surface area contributed by atoms with Gasteiger partial charge in [-0.15, -0.1) is 11.3 Å². The summed E-state index contributed by atoms with van der Waals surface area (Å²) in [6, 6.07) is 3.09. The highest BCUT2D eigenvalue weighted by Crippen LogP contribution is 2.19. The number of likely N-dealkylation sites (tertiary alicyclic amines) is 1. The zero-order valence-electron chi connectivity index (χ0n) is 12.9. The highest BCUT2D eigenvalue weighted by atomic mass is 32.1. The van der Waals surface area contributed by atoms with E-state index in [9.17, 15) is 9.59 Å². The quantitative estimate of drug-likeness (QED) is 0.645. The first-order valence-electron chi connectivity index (χ1n) is 7.61. The van der Waals surface area contributed by atoms with E-state index in [2.05, 4.69) is 20.6 Å². The molecule has 3 rings (SSSR count). The fraction of sp³-hybridized carbons (Fsp3) is 0.438. The van der Waals surface area contributed by atoms with Gasteiger partial charge in [0.25, 0.3) is 11.7 Å². The van der Waals surface area contributed by atoms with Crippen LogP contribution in [0.5, 0.6) is 0 Å². The molecule has 1 amide bonds. The number of aryl methyl sites for hydroxylation is 1. The summed E-state index contributed by atoms with van der Waals surface area (Å²) in [7, 11) is 0. The number of furan rings is 1. The van der Waals surface area contributed by atoms with E-state index in [4.69, 9.17) is 4.42 Å². The van der Waals surface area contributed by atoms with Crippen LogP contribution in [0, 0.1) is 12.8 Å². The van der Waals surface area contributed by atoms with E-state index in [-0.39, 0.29) is 5.76 Å². The lowest BCUT2D eigenvalue weighted by Gasteiger charge is -2.14. The van der Waals surface area contributed by atoms with Gasteiger partial charge in [0, 0.05) is 24.2 Å². The first-order valence-corrected chi connectivity index (χ1v) is 8.49. The first-order chi connectivity index (χ1) is 11.1. The van der Waals surface area contributed by atoms with Crippen LogP contribution < -0.4 is 5.32 Å². The van der Waals surface area contributed by atoms with Crippen molar-refractivity contribution >= 4 is 23.0 Å². The highest BCUT2D eigenvalue weighted by Gasteiger charge is 2.25. The molecule has 23 heavy (non-hydrogen) atoms. The third-order valence-corrected chi connectivity index (χ3v) is 4.85. The second-order valence-corrected chi connectivity index (χ2v) is 6.73. The van der Waals surface area contributed by atoms with Crippen molar-refractivity contribution in [3.8, 4) is 0 Å². The number of Topliss-reactive ketones (excluding diaryl/α,β-unsaturated/α-hetero) is 1. The van der Waals surface area contributed by atoms with Gasteiger partial charge in [-0.2, -0.15) is 0 Å². The molecule has 1 saturated heterocycles. The number of thiazole rings is 1. The largest absolute Gasteiger partial charge is 0.461 e. The molecule has 122 valence electrons. The molecule has 1 atom stereocenters. The number of nitrogens with zero attached hydrogens (tertiary/aromatic N) is 2. The number of nitrogens with one attached hydrogen (secondary N) is 1. The van der Waals surface area contributed by atoms with Crippen molar-refractivity contribution in [3.05, 3.63) is 40.2 Å². The molecule has 0 aromatic carbocycles. The van der Waals surface area contributed by atoms with E-state index in [1.165, 1.54) is 12.3 Å². The monoisotopic (exact) mass is 333 g/mol. The smallest absolute Gasteiger partial charge is 0.295 e. The third-order valence-electron chi connectivity index (χ3n) is 3.90. The molecule has 6 nitrogen and oxygen atoms in total. The molecule has 1 fully saturated rings. The first kappa shape index (κ1) is 15.9. The predicted molar refractivity (Wildman–Crippen MR) is 86.3 cm³/mol. The summed E-state index contributed by atoms with van der Waals surface area (Å²) in [6.07, 6.45) is 2.40. The van der Waals surface area contributed by atoms with Gasteiger partial charge in [0.15, 0.2) is 5.76 Å². The lowest BCUT2D eigenvalue weighted by molar-refractivity contribution is -0.117. The van der Waals surface area contributed by atoms with Crippen LogP contribution >= 0.6 is 11.3 Å². The van der Waals surface area contributed by atoms with Crippen molar-refractivity contribution in [2.45, 2.75) is 19.9 Å². The number of carbonyl (C=O) groups is 2. The van der Waals surface area contributed by atoms with Crippen LogP contribution in [0.15, 0.2) is 28.2 Å². The van der Waals surface area contributed by atoms with Gasteiger partial charge in [0.2, 0.25) is 0 Å². The summed E-state index contributed by atoms with van der Waals surface area (Å²) in [5.41, 5.74) is 1.06. The molecule has 3 heterocycles. The maximum absolute atomic E-state index is 11.8. The second-order valence-electron chi connectivity index (χ2n) is 5.79. The number of hydrogen-bond acceptors (Lipinski definition) is 6. The Hall–Kier alpha value is -1.99. The van der Waals surface area contributed by atoms with Gasteiger partial charge in [-0.25, -0.2) is 4.98 Å². The van der Waals surface area contributed by atoms with Gasteiger partial charge < -0.3 is 9.73 Å². The Kier molecular flexibility index (Phi) is 4.88. The van der Waals surface area contributed by atoms with E-state index >= 15 is 0 Å². The second kappa shape index (κ2) is 7.06. The van der Waals surface area contributed by atoms with Crippen molar-refractivity contribution in [2.75, 3.05) is 19.6 Å². The molecule has 0 saturated carbocycles. The third kappa shape index (κ3) is 4.05. The zero-order valence-corrected chi connectivity index (χ0v) is 13.8. The van der Waals surface area contributed by atoms with Gasteiger partial charge in [0.1, 0.15) is 5.01 Å². The predicted octanol–water partition coefficient (Wildman–Crippen LogP) is 1.87. The van der Waals surface area contributed by atoms with Crippen LogP contribution in [0.1, 0.15) is 27.7 Å². The van der Waals surface area contributed by atoms with E-state index < -0.39 is 11.7 Å². The summed E-state index contributed by atoms with van der Waals surface area (Å²) < 4.78 is 4.95. The lowest BCUT2D eigenvalue weighted by atomic mass is 10.1. The number of carbonyl (C=O) groups excluding carboxylic acids is 2. The molecule has 1 N–H and O–H groups in total. The average molecular weight is 333 g/mol. The van der Waals surface area contributed by atoms with Crippen molar-refractivity contribution in [1.82, 2.24) is 15.2 Å². The maximum Gasteiger partial charge on any atom is 0.295 e. The molecule has 0 bridgehead atoms. The highest BCUT2D eigenvalue weighted by molar-refractivity contribution is 7.09. The Balaban J connectivity index is 1.43. The molecular weight excluding hydrogens is 314 g/mol. The molecule has 0 unspecified atom stereocenters. The fourth-order valence-corrected chi connectivity index (χ4v) is 3.54. The van der Waals surface area contributed by atoms with Crippen molar-refractivity contribution in [1.29, 1.82) is 0 Å². The van der Waals surface area contributed by atoms with Crippen LogP contribution in [-0.4, -0.2) is 41.2 Å². The minimum absolute atomic E-state index is 0.0784. The van der Waals surface area contributed by atoms with Gasteiger partial charge in [0.05, 0.1) is 12.8 Å². The molecule has 1 aliphatic heterocycles. The number of hydrogen-bond donors (Lipinski definition) is 1. The maximum atomic E-state index is 11.8. The number of rotatable bonds is 6. The van der Waals surface area contributed by atoms with Crippen molar-refractivity contribution in [2.24, 2.45) is 5.92 Å². The molecule has 0 radical (unpaired) electrons. The average Bonchev–Trinajstić information content (AvgIpc) is 3.27. The summed E-state index contributed by atoms with van der Waals surface area (Å²) in [5.74, 6) is -0.781. The Morgan fingerprint density at radius 3 is 3.09 bits per heavy atom. The summed E-state index contributed by atoms with van der Waals surface area (Å²) >= 11 is 1.68. The van der Waals surface area contributed by atoms with Crippen LogP contribution in [0.3, 0.4) is 0 Å². The topological polar surface area (TPSA) is 75.4 Å². The number of ketones is 1. The fourth-order valence-electron chi connectivity index (χ4n) is 2.73. The van der Waals surface area contributed by atoms with Crippen LogP contribution in [0.4, 0.5) is 0 Å². The summed E-state index contributed by atoms with van der Waals surface area (Å²) in [5, 5.41) is 5.90. The SMILES string of the molecule is Cc1csc(CN2CC[C@@H](CNC(=O)C(=O)c3ccco3)C2)n1. The summed E-state index contributed by atoms with van der Waals surface area (Å²) in [6.45, 7) is 5.27. The molecule has 0 aliphatic carbocycles. The van der Waals surface area contributed by atoms with Crippen molar-refractivity contribution < 1.29 is 14.0 Å². The van der Waals surface area contributed by atoms with E-state index in [1.807, 2.05) is 6.92 Å². The number of aromatic nitrogens is 1. The normalized spacial score (nSPS) is 18.2. The van der Waals surface area contributed by atoms with Crippen molar-refractivity contribution in [3.63, 3.8) is 0 Å². The Bertz CT molecular complexity index is 681. The molecular formula is C16H19N3O3S. The molecule has 1 aliphatic rings.